The van der Waals surface area contributed by atoms with Crippen molar-refractivity contribution in [1.29, 1.82) is 0 Å². The Bertz CT molecular complexity index is 117. The van der Waals surface area contributed by atoms with Crippen LogP contribution in [-0.4, -0.2) is 56.2 Å². The summed E-state index contributed by atoms with van der Waals surface area (Å²) in [7, 11) is 4.28. The summed E-state index contributed by atoms with van der Waals surface area (Å²) in [5.74, 6) is 0. The van der Waals surface area contributed by atoms with Gasteiger partial charge in [0.15, 0.2) is 0 Å². The van der Waals surface area contributed by atoms with E-state index in [0.29, 0.717) is 6.17 Å². The zero-order chi connectivity index (χ0) is 8.97. The molecule has 0 bridgehead atoms. The number of hydrogen-bond acceptors (Lipinski definition) is 3. The fraction of sp³-hybridized carbons (Fsp3) is 1.00. The molecule has 0 aromatic heterocycles. The van der Waals surface area contributed by atoms with Crippen molar-refractivity contribution in [3.63, 3.8) is 0 Å². The van der Waals surface area contributed by atoms with Gasteiger partial charge in [-0.1, -0.05) is 0 Å². The maximum absolute atomic E-state index is 3.41. The van der Waals surface area contributed by atoms with E-state index in [4.69, 9.17) is 0 Å². The Morgan fingerprint density at radius 2 is 2.00 bits per heavy atom. The van der Waals surface area contributed by atoms with Crippen molar-refractivity contribution in [3.8, 4) is 0 Å². The summed E-state index contributed by atoms with van der Waals surface area (Å²) >= 11 is 0. The van der Waals surface area contributed by atoms with Crippen LogP contribution in [0.5, 0.6) is 0 Å². The second-order valence-corrected chi connectivity index (χ2v) is 3.74. The molecule has 0 saturated carbocycles. The Kier molecular flexibility index (Phi) is 3.98. The molecule has 1 heterocycles. The third-order valence-corrected chi connectivity index (χ3v) is 2.65. The van der Waals surface area contributed by atoms with E-state index in [1.165, 1.54) is 26.1 Å². The van der Waals surface area contributed by atoms with E-state index in [1.54, 1.807) is 0 Å². The number of hydrogen-bond donors (Lipinski definition) is 1. The van der Waals surface area contributed by atoms with Crippen LogP contribution in [-0.2, 0) is 0 Å². The average molecular weight is 171 g/mol. The van der Waals surface area contributed by atoms with E-state index in [9.17, 15) is 0 Å². The van der Waals surface area contributed by atoms with Gasteiger partial charge >= 0.3 is 0 Å². The fourth-order valence-corrected chi connectivity index (χ4v) is 1.57. The molecule has 3 heteroatoms. The van der Waals surface area contributed by atoms with Crippen molar-refractivity contribution in [2.45, 2.75) is 19.5 Å². The van der Waals surface area contributed by atoms with Crippen molar-refractivity contribution in [1.82, 2.24) is 15.1 Å². The molecule has 0 radical (unpaired) electrons. The van der Waals surface area contributed by atoms with Crippen molar-refractivity contribution >= 4 is 0 Å². The Labute approximate surface area is 75.7 Å². The summed E-state index contributed by atoms with van der Waals surface area (Å²) in [6.45, 7) is 6.99. The molecule has 3 nitrogen and oxygen atoms in total. The predicted octanol–water partition coefficient (Wildman–Crippen LogP) is 0.189. The van der Waals surface area contributed by atoms with Crippen LogP contribution >= 0.6 is 0 Å². The third-order valence-electron chi connectivity index (χ3n) is 2.65. The molecule has 1 aliphatic rings. The lowest BCUT2D eigenvalue weighted by atomic mass is 10.3. The van der Waals surface area contributed by atoms with Gasteiger partial charge in [-0.05, 0) is 34.0 Å². The summed E-state index contributed by atoms with van der Waals surface area (Å²) in [6, 6.07) is 0. The highest BCUT2D eigenvalue weighted by molar-refractivity contribution is 4.69. The fourth-order valence-electron chi connectivity index (χ4n) is 1.57. The van der Waals surface area contributed by atoms with E-state index in [2.05, 4.69) is 36.1 Å². The standard InChI is InChI=1S/C9H21N3/c1-9(11(2)3)12-7-4-5-10-6-8-12/h9-10H,4-8H2,1-3H3. The first-order chi connectivity index (χ1) is 5.72. The topological polar surface area (TPSA) is 18.5 Å². The molecule has 1 fully saturated rings. The van der Waals surface area contributed by atoms with Gasteiger partial charge in [0.05, 0.1) is 6.17 Å². The van der Waals surface area contributed by atoms with Gasteiger partial charge in [0.25, 0.3) is 0 Å². The maximum atomic E-state index is 3.41. The molecule has 0 aromatic carbocycles. The van der Waals surface area contributed by atoms with Crippen molar-refractivity contribution in [2.24, 2.45) is 0 Å². The zero-order valence-corrected chi connectivity index (χ0v) is 8.51. The highest BCUT2D eigenvalue weighted by Crippen LogP contribution is 2.03. The predicted molar refractivity (Wildman–Crippen MR) is 52.2 cm³/mol. The minimum atomic E-state index is 0.574. The van der Waals surface area contributed by atoms with Crippen molar-refractivity contribution in [3.05, 3.63) is 0 Å². The summed E-state index contributed by atoms with van der Waals surface area (Å²) in [4.78, 5) is 4.80. The highest BCUT2D eigenvalue weighted by Gasteiger charge is 2.16. The number of rotatable bonds is 2. The third kappa shape index (κ3) is 2.73. The lowest BCUT2D eigenvalue weighted by Crippen LogP contribution is -2.44. The second kappa shape index (κ2) is 4.80. The zero-order valence-electron chi connectivity index (χ0n) is 8.51. The smallest absolute Gasteiger partial charge is 0.0588 e. The molecule has 1 rings (SSSR count). The molecular formula is C9H21N3. The maximum Gasteiger partial charge on any atom is 0.0588 e. The summed E-state index contributed by atoms with van der Waals surface area (Å²) in [5.41, 5.74) is 0. The first kappa shape index (κ1) is 9.96. The first-order valence-corrected chi connectivity index (χ1v) is 4.83. The van der Waals surface area contributed by atoms with Gasteiger partial charge in [0.1, 0.15) is 0 Å². The monoisotopic (exact) mass is 171 g/mol. The van der Waals surface area contributed by atoms with Crippen LogP contribution in [0.2, 0.25) is 0 Å². The SMILES string of the molecule is CC(N(C)C)N1CCCNCC1. The van der Waals surface area contributed by atoms with Crippen LogP contribution in [0.25, 0.3) is 0 Å². The normalized spacial score (nSPS) is 24.0. The molecule has 12 heavy (non-hydrogen) atoms. The van der Waals surface area contributed by atoms with Gasteiger partial charge in [0.2, 0.25) is 0 Å². The highest BCUT2D eigenvalue weighted by atomic mass is 15.3. The van der Waals surface area contributed by atoms with Gasteiger partial charge in [-0.15, -0.1) is 0 Å². The Hall–Kier alpha value is -0.120. The van der Waals surface area contributed by atoms with E-state index in [1.807, 2.05) is 0 Å². The van der Waals surface area contributed by atoms with Gasteiger partial charge < -0.3 is 5.32 Å². The van der Waals surface area contributed by atoms with Crippen LogP contribution in [0.15, 0.2) is 0 Å². The van der Waals surface area contributed by atoms with Gasteiger partial charge in [-0.3, -0.25) is 9.80 Å². The molecule has 72 valence electrons. The first-order valence-electron chi connectivity index (χ1n) is 4.83. The van der Waals surface area contributed by atoms with Crippen molar-refractivity contribution in [2.75, 3.05) is 40.3 Å². The van der Waals surface area contributed by atoms with Crippen LogP contribution in [0.1, 0.15) is 13.3 Å². The number of nitrogens with zero attached hydrogens (tertiary/aromatic N) is 2. The largest absolute Gasteiger partial charge is 0.315 e. The molecule has 1 unspecified atom stereocenters. The van der Waals surface area contributed by atoms with E-state index in [0.717, 1.165) is 6.54 Å². The summed E-state index contributed by atoms with van der Waals surface area (Å²) in [5, 5.41) is 3.41. The van der Waals surface area contributed by atoms with E-state index >= 15 is 0 Å². The molecule has 1 aliphatic heterocycles. The molecule has 0 aromatic rings. The number of nitrogens with one attached hydrogen (secondary N) is 1. The molecule has 1 N–H and O–H groups in total. The van der Waals surface area contributed by atoms with Crippen LogP contribution < -0.4 is 5.32 Å². The Morgan fingerprint density at radius 3 is 2.67 bits per heavy atom. The molecule has 0 spiro atoms. The second-order valence-electron chi connectivity index (χ2n) is 3.74. The summed E-state index contributed by atoms with van der Waals surface area (Å²) in [6.07, 6.45) is 1.85. The molecule has 1 saturated heterocycles. The van der Waals surface area contributed by atoms with Gasteiger partial charge in [0, 0.05) is 19.6 Å². The van der Waals surface area contributed by atoms with Crippen LogP contribution in [0.3, 0.4) is 0 Å². The average Bonchev–Trinajstić information content (AvgIpc) is 2.30. The van der Waals surface area contributed by atoms with E-state index < -0.39 is 0 Å². The van der Waals surface area contributed by atoms with Crippen LogP contribution in [0, 0.1) is 0 Å². The molecule has 1 atom stereocenters. The van der Waals surface area contributed by atoms with Gasteiger partial charge in [-0.2, -0.15) is 0 Å². The van der Waals surface area contributed by atoms with Crippen LogP contribution in [0.4, 0.5) is 0 Å². The van der Waals surface area contributed by atoms with Gasteiger partial charge in [-0.25, -0.2) is 0 Å². The molecule has 0 amide bonds. The minimum Gasteiger partial charge on any atom is -0.315 e. The minimum absolute atomic E-state index is 0.574. The van der Waals surface area contributed by atoms with E-state index in [-0.39, 0.29) is 0 Å². The Morgan fingerprint density at radius 1 is 1.25 bits per heavy atom. The van der Waals surface area contributed by atoms with Crippen molar-refractivity contribution < 1.29 is 0 Å². The molecular weight excluding hydrogens is 150 g/mol. The molecule has 0 aliphatic carbocycles. The quantitative estimate of drug-likeness (QED) is 0.640. The lowest BCUT2D eigenvalue weighted by molar-refractivity contribution is 0.100. The lowest BCUT2D eigenvalue weighted by Gasteiger charge is -2.32. The summed E-state index contributed by atoms with van der Waals surface area (Å²) < 4.78 is 0. The Balaban J connectivity index is 2.37.